The maximum Gasteiger partial charge on any atom is 0.338 e. The monoisotopic (exact) mass is 386 g/mol. The highest BCUT2D eigenvalue weighted by atomic mass is 19.1. The Morgan fingerprint density at radius 2 is 1.68 bits per heavy atom. The van der Waals surface area contributed by atoms with Crippen LogP contribution in [-0.2, 0) is 9.53 Å². The van der Waals surface area contributed by atoms with Crippen molar-refractivity contribution in [3.63, 3.8) is 0 Å². The van der Waals surface area contributed by atoms with Gasteiger partial charge in [0.1, 0.15) is 11.6 Å². The number of hydrogen-bond donors (Lipinski definition) is 0. The first-order valence-electron chi connectivity index (χ1n) is 9.25. The van der Waals surface area contributed by atoms with Crippen molar-refractivity contribution in [3.8, 4) is 5.75 Å². The van der Waals surface area contributed by atoms with Crippen molar-refractivity contribution < 1.29 is 23.5 Å². The van der Waals surface area contributed by atoms with Gasteiger partial charge in [0.25, 0.3) is 5.91 Å². The van der Waals surface area contributed by atoms with Crippen LogP contribution < -0.4 is 9.64 Å². The summed E-state index contributed by atoms with van der Waals surface area (Å²) in [5.74, 6) is -0.260. The van der Waals surface area contributed by atoms with Gasteiger partial charge in [-0.2, -0.15) is 0 Å². The molecule has 1 fully saturated rings. The van der Waals surface area contributed by atoms with Crippen LogP contribution in [0.5, 0.6) is 5.75 Å². The largest absolute Gasteiger partial charge is 0.484 e. The van der Waals surface area contributed by atoms with Crippen molar-refractivity contribution in [1.82, 2.24) is 4.90 Å². The fourth-order valence-corrected chi connectivity index (χ4v) is 3.04. The normalized spacial score (nSPS) is 13.9. The molecule has 2 aromatic carbocycles. The Kier molecular flexibility index (Phi) is 6.47. The fourth-order valence-electron chi connectivity index (χ4n) is 3.04. The van der Waals surface area contributed by atoms with E-state index in [1.807, 2.05) is 4.90 Å². The van der Waals surface area contributed by atoms with Crippen molar-refractivity contribution in [2.45, 2.75) is 6.92 Å². The summed E-state index contributed by atoms with van der Waals surface area (Å²) in [6.07, 6.45) is 0. The van der Waals surface area contributed by atoms with Crippen LogP contribution in [0.2, 0.25) is 0 Å². The first kappa shape index (κ1) is 19.7. The van der Waals surface area contributed by atoms with Gasteiger partial charge in [-0.3, -0.25) is 4.79 Å². The van der Waals surface area contributed by atoms with E-state index in [1.165, 1.54) is 6.07 Å². The zero-order valence-corrected chi connectivity index (χ0v) is 15.8. The van der Waals surface area contributed by atoms with Crippen molar-refractivity contribution in [2.75, 3.05) is 44.3 Å². The van der Waals surface area contributed by atoms with E-state index >= 15 is 0 Å². The van der Waals surface area contributed by atoms with Gasteiger partial charge in [-0.1, -0.05) is 12.1 Å². The van der Waals surface area contributed by atoms with E-state index in [2.05, 4.69) is 0 Å². The molecule has 2 aromatic rings. The second kappa shape index (κ2) is 9.21. The minimum absolute atomic E-state index is 0.0849. The first-order chi connectivity index (χ1) is 13.6. The average Bonchev–Trinajstić information content (AvgIpc) is 2.73. The Morgan fingerprint density at radius 3 is 2.32 bits per heavy atom. The van der Waals surface area contributed by atoms with E-state index in [4.69, 9.17) is 9.47 Å². The number of halogens is 1. The maximum atomic E-state index is 13.9. The minimum atomic E-state index is -0.391. The smallest absolute Gasteiger partial charge is 0.338 e. The zero-order valence-electron chi connectivity index (χ0n) is 15.8. The molecule has 0 spiro atoms. The van der Waals surface area contributed by atoms with Crippen molar-refractivity contribution in [3.05, 3.63) is 59.9 Å². The summed E-state index contributed by atoms with van der Waals surface area (Å²) in [5.41, 5.74) is 0.998. The van der Waals surface area contributed by atoms with Gasteiger partial charge in [-0.25, -0.2) is 9.18 Å². The molecular weight excluding hydrogens is 363 g/mol. The molecule has 0 N–H and O–H groups in total. The van der Waals surface area contributed by atoms with Crippen LogP contribution in [0.3, 0.4) is 0 Å². The first-order valence-corrected chi connectivity index (χ1v) is 9.25. The van der Waals surface area contributed by atoms with E-state index < -0.39 is 5.97 Å². The Bertz CT molecular complexity index is 817. The minimum Gasteiger partial charge on any atom is -0.484 e. The molecule has 0 atom stereocenters. The average molecular weight is 386 g/mol. The lowest BCUT2D eigenvalue weighted by Gasteiger charge is -2.36. The third kappa shape index (κ3) is 4.79. The van der Waals surface area contributed by atoms with Gasteiger partial charge in [-0.05, 0) is 43.3 Å². The van der Waals surface area contributed by atoms with Crippen LogP contribution in [0.15, 0.2) is 48.5 Å². The van der Waals surface area contributed by atoms with E-state index in [-0.39, 0.29) is 18.3 Å². The molecule has 148 valence electrons. The molecule has 0 aromatic heterocycles. The lowest BCUT2D eigenvalue weighted by molar-refractivity contribution is -0.133. The molecule has 0 aliphatic carbocycles. The number of benzene rings is 2. The van der Waals surface area contributed by atoms with Gasteiger partial charge in [0.2, 0.25) is 0 Å². The van der Waals surface area contributed by atoms with Gasteiger partial charge in [0, 0.05) is 26.2 Å². The summed E-state index contributed by atoms with van der Waals surface area (Å²) in [5, 5.41) is 0. The molecular formula is C21H23FN2O4. The molecule has 0 saturated carbocycles. The second-order valence-corrected chi connectivity index (χ2v) is 6.35. The van der Waals surface area contributed by atoms with E-state index in [1.54, 1.807) is 54.3 Å². The summed E-state index contributed by atoms with van der Waals surface area (Å²) in [7, 11) is 0. The predicted octanol–water partition coefficient (Wildman–Crippen LogP) is 2.73. The summed E-state index contributed by atoms with van der Waals surface area (Å²) in [6.45, 7) is 4.14. The number of ether oxygens (including phenoxy) is 2. The van der Waals surface area contributed by atoms with E-state index in [0.29, 0.717) is 49.8 Å². The molecule has 0 radical (unpaired) electrons. The number of piperazine rings is 1. The Hall–Kier alpha value is -3.09. The van der Waals surface area contributed by atoms with Crippen LogP contribution >= 0.6 is 0 Å². The lowest BCUT2D eigenvalue weighted by atomic mass is 10.2. The molecule has 6 nitrogen and oxygen atoms in total. The molecule has 1 aliphatic rings. The maximum absolute atomic E-state index is 13.9. The number of carbonyl (C=O) groups is 2. The van der Waals surface area contributed by atoms with Crippen LogP contribution in [0.1, 0.15) is 17.3 Å². The molecule has 1 saturated heterocycles. The summed E-state index contributed by atoms with van der Waals surface area (Å²) < 4.78 is 24.3. The number of hydrogen-bond acceptors (Lipinski definition) is 5. The number of carbonyl (C=O) groups excluding carboxylic acids is 2. The Morgan fingerprint density at radius 1 is 1.00 bits per heavy atom. The number of para-hydroxylation sites is 1. The number of esters is 1. The third-order valence-electron chi connectivity index (χ3n) is 4.55. The van der Waals surface area contributed by atoms with Gasteiger partial charge in [0.15, 0.2) is 6.61 Å². The van der Waals surface area contributed by atoms with Crippen LogP contribution in [-0.4, -0.2) is 56.2 Å². The van der Waals surface area contributed by atoms with Crippen LogP contribution in [0.4, 0.5) is 10.1 Å². The van der Waals surface area contributed by atoms with Crippen LogP contribution in [0.25, 0.3) is 0 Å². The number of rotatable bonds is 6. The molecule has 28 heavy (non-hydrogen) atoms. The highest BCUT2D eigenvalue weighted by Gasteiger charge is 2.23. The standard InChI is InChI=1S/C21H23FN2O4/c1-2-27-21(26)16-7-9-17(10-8-16)28-15-20(25)24-13-11-23(12-14-24)19-6-4-3-5-18(19)22/h3-10H,2,11-15H2,1H3. The second-order valence-electron chi connectivity index (χ2n) is 6.35. The quantitative estimate of drug-likeness (QED) is 0.715. The molecule has 7 heteroatoms. The topological polar surface area (TPSA) is 59.1 Å². The van der Waals surface area contributed by atoms with Gasteiger partial charge >= 0.3 is 5.97 Å². The lowest BCUT2D eigenvalue weighted by Crippen LogP contribution is -2.50. The van der Waals surface area contributed by atoms with Crippen molar-refractivity contribution in [1.29, 1.82) is 0 Å². The van der Waals surface area contributed by atoms with E-state index in [0.717, 1.165) is 0 Å². The molecule has 1 aliphatic heterocycles. The number of nitrogens with zero attached hydrogens (tertiary/aromatic N) is 2. The molecule has 1 heterocycles. The van der Waals surface area contributed by atoms with Gasteiger partial charge in [-0.15, -0.1) is 0 Å². The van der Waals surface area contributed by atoms with Gasteiger partial charge in [0.05, 0.1) is 17.9 Å². The van der Waals surface area contributed by atoms with E-state index in [9.17, 15) is 14.0 Å². The summed E-state index contributed by atoms with van der Waals surface area (Å²) in [6, 6.07) is 13.1. The number of amides is 1. The SMILES string of the molecule is CCOC(=O)c1ccc(OCC(=O)N2CCN(c3ccccc3F)CC2)cc1. The molecule has 3 rings (SSSR count). The van der Waals surface area contributed by atoms with Crippen molar-refractivity contribution >= 4 is 17.6 Å². The molecule has 0 bridgehead atoms. The third-order valence-corrected chi connectivity index (χ3v) is 4.55. The summed E-state index contributed by atoms with van der Waals surface area (Å²) in [4.78, 5) is 27.7. The molecule has 1 amide bonds. The highest BCUT2D eigenvalue weighted by molar-refractivity contribution is 5.89. The Labute approximate surface area is 163 Å². The highest BCUT2D eigenvalue weighted by Crippen LogP contribution is 2.20. The Balaban J connectivity index is 1.47. The molecule has 0 unspecified atom stereocenters. The zero-order chi connectivity index (χ0) is 19.9. The van der Waals surface area contributed by atoms with Crippen molar-refractivity contribution in [2.24, 2.45) is 0 Å². The van der Waals surface area contributed by atoms with Crippen LogP contribution in [0, 0.1) is 5.82 Å². The predicted molar refractivity (Wildman–Crippen MR) is 103 cm³/mol. The summed E-state index contributed by atoms with van der Waals surface area (Å²) >= 11 is 0. The van der Waals surface area contributed by atoms with Gasteiger partial charge < -0.3 is 19.3 Å². The fraction of sp³-hybridized carbons (Fsp3) is 0.333. The number of anilines is 1.